The summed E-state index contributed by atoms with van der Waals surface area (Å²) >= 11 is 0. The molecule has 5 rings (SSSR count). The third kappa shape index (κ3) is 6.70. The molecule has 8 heteroatoms. The van der Waals surface area contributed by atoms with E-state index >= 15 is 0 Å². The zero-order valence-electron chi connectivity index (χ0n) is 21.2. The summed E-state index contributed by atoms with van der Waals surface area (Å²) in [5, 5.41) is 11.8. The summed E-state index contributed by atoms with van der Waals surface area (Å²) in [6, 6.07) is 18.1. The summed E-state index contributed by atoms with van der Waals surface area (Å²) in [6.45, 7) is 4.49. The summed E-state index contributed by atoms with van der Waals surface area (Å²) in [4.78, 5) is 30.2. The molecular weight excluding hydrogens is 466 g/mol. The monoisotopic (exact) mass is 501 g/mol. The molecule has 194 valence electrons. The molecule has 2 saturated heterocycles. The Morgan fingerprint density at radius 2 is 1.78 bits per heavy atom. The molecule has 2 fully saturated rings. The highest BCUT2D eigenvalue weighted by atomic mass is 16.5. The molecule has 0 spiro atoms. The zero-order chi connectivity index (χ0) is 25.5. The number of rotatable bonds is 7. The van der Waals surface area contributed by atoms with E-state index in [1.807, 2.05) is 29.2 Å². The number of carbonyl (C=O) groups is 2. The molecule has 37 heavy (non-hydrogen) atoms. The minimum atomic E-state index is -0.194. The van der Waals surface area contributed by atoms with Crippen LogP contribution in [0.5, 0.6) is 0 Å². The van der Waals surface area contributed by atoms with Crippen LogP contribution >= 0.6 is 0 Å². The summed E-state index contributed by atoms with van der Waals surface area (Å²) < 4.78 is 6.00. The van der Waals surface area contributed by atoms with Gasteiger partial charge in [0.15, 0.2) is 0 Å². The van der Waals surface area contributed by atoms with E-state index < -0.39 is 0 Å². The first-order valence-corrected chi connectivity index (χ1v) is 13.3. The molecule has 2 aliphatic heterocycles. The van der Waals surface area contributed by atoms with Gasteiger partial charge in [0.05, 0.1) is 29.9 Å². The largest absolute Gasteiger partial charge is 0.375 e. The Hall–Kier alpha value is -3.36. The van der Waals surface area contributed by atoms with Crippen molar-refractivity contribution in [2.24, 2.45) is 5.92 Å². The quantitative estimate of drug-likeness (QED) is 0.536. The van der Waals surface area contributed by atoms with E-state index in [0.717, 1.165) is 50.7 Å². The lowest BCUT2D eigenvalue weighted by molar-refractivity contribution is -0.134. The topological polar surface area (TPSA) is 87.7 Å². The molecule has 2 amide bonds. The number of ether oxygens (including phenoxy) is 1. The highest BCUT2D eigenvalue weighted by molar-refractivity contribution is 6.05. The lowest BCUT2D eigenvalue weighted by atomic mass is 9.90. The van der Waals surface area contributed by atoms with Crippen molar-refractivity contribution in [3.8, 4) is 0 Å². The van der Waals surface area contributed by atoms with Crippen LogP contribution in [0.1, 0.15) is 35.2 Å². The predicted octanol–water partition coefficient (Wildman–Crippen LogP) is 2.93. The predicted molar refractivity (Wildman–Crippen MR) is 142 cm³/mol. The second kappa shape index (κ2) is 12.3. The highest BCUT2D eigenvalue weighted by Gasteiger charge is 2.26. The van der Waals surface area contributed by atoms with Crippen molar-refractivity contribution in [1.82, 2.24) is 25.3 Å². The van der Waals surface area contributed by atoms with Crippen LogP contribution in [0, 0.1) is 5.92 Å². The Balaban J connectivity index is 1.09. The van der Waals surface area contributed by atoms with Crippen LogP contribution in [0.4, 0.5) is 0 Å². The van der Waals surface area contributed by atoms with Crippen LogP contribution in [-0.4, -0.2) is 83.8 Å². The molecule has 3 aromatic rings. The molecule has 2 aliphatic rings. The van der Waals surface area contributed by atoms with Gasteiger partial charge in [0.25, 0.3) is 5.91 Å². The van der Waals surface area contributed by atoms with Crippen LogP contribution in [0.2, 0.25) is 0 Å². The molecule has 0 radical (unpaired) electrons. The van der Waals surface area contributed by atoms with Crippen LogP contribution < -0.4 is 5.32 Å². The highest BCUT2D eigenvalue weighted by Crippen LogP contribution is 2.22. The first-order chi connectivity index (χ1) is 18.2. The third-order valence-corrected chi connectivity index (χ3v) is 7.41. The van der Waals surface area contributed by atoms with E-state index in [0.29, 0.717) is 43.2 Å². The minimum Gasteiger partial charge on any atom is -0.375 e. The van der Waals surface area contributed by atoms with E-state index in [9.17, 15) is 9.59 Å². The molecular formula is C29H35N5O3. The Kier molecular flexibility index (Phi) is 8.38. The van der Waals surface area contributed by atoms with Gasteiger partial charge in [0, 0.05) is 44.7 Å². The maximum absolute atomic E-state index is 13.1. The Morgan fingerprint density at radius 3 is 2.62 bits per heavy atom. The van der Waals surface area contributed by atoms with Gasteiger partial charge in [-0.05, 0) is 43.2 Å². The summed E-state index contributed by atoms with van der Waals surface area (Å²) in [5.41, 5.74) is 2.57. The fourth-order valence-electron chi connectivity index (χ4n) is 5.35. The number of hydrogen-bond donors (Lipinski definition) is 1. The fraction of sp³-hybridized carbons (Fsp3) is 0.448. The van der Waals surface area contributed by atoms with Gasteiger partial charge in [0.2, 0.25) is 5.91 Å². The normalized spacial score (nSPS) is 19.5. The summed E-state index contributed by atoms with van der Waals surface area (Å²) in [5.74, 6) is 0.635. The van der Waals surface area contributed by atoms with Crippen molar-refractivity contribution in [2.75, 3.05) is 45.9 Å². The van der Waals surface area contributed by atoms with Crippen molar-refractivity contribution in [3.63, 3.8) is 0 Å². The van der Waals surface area contributed by atoms with Gasteiger partial charge in [-0.3, -0.25) is 14.5 Å². The number of nitrogens with one attached hydrogen (secondary N) is 1. The molecule has 0 bridgehead atoms. The van der Waals surface area contributed by atoms with Crippen LogP contribution in [-0.2, 0) is 16.0 Å². The van der Waals surface area contributed by atoms with Gasteiger partial charge >= 0.3 is 0 Å². The minimum absolute atomic E-state index is 0.170. The van der Waals surface area contributed by atoms with Crippen molar-refractivity contribution in [1.29, 1.82) is 0 Å². The Labute approximate surface area is 218 Å². The van der Waals surface area contributed by atoms with Gasteiger partial charge in [-0.15, -0.1) is 0 Å². The molecule has 3 heterocycles. The second-order valence-electron chi connectivity index (χ2n) is 10.1. The number of amides is 2. The summed E-state index contributed by atoms with van der Waals surface area (Å²) in [7, 11) is 0. The number of hydrogen-bond acceptors (Lipinski definition) is 6. The number of likely N-dealkylation sites (tertiary alicyclic amines) is 1. The van der Waals surface area contributed by atoms with Crippen LogP contribution in [0.3, 0.4) is 0 Å². The van der Waals surface area contributed by atoms with E-state index in [4.69, 9.17) is 4.74 Å². The SMILES string of the molecule is O=C(NCC1CN(CC(=O)N2CCC(Cc3ccccc3)CC2)CCCO1)c1cnnc2ccccc12. The van der Waals surface area contributed by atoms with Gasteiger partial charge in [0.1, 0.15) is 0 Å². The van der Waals surface area contributed by atoms with E-state index in [1.54, 1.807) is 0 Å². The molecule has 1 atom stereocenters. The van der Waals surface area contributed by atoms with E-state index in [2.05, 4.69) is 50.7 Å². The van der Waals surface area contributed by atoms with Crippen molar-refractivity contribution >= 4 is 22.7 Å². The number of aromatic nitrogens is 2. The fourth-order valence-corrected chi connectivity index (χ4v) is 5.35. The van der Waals surface area contributed by atoms with Gasteiger partial charge in [-0.25, -0.2) is 0 Å². The molecule has 8 nitrogen and oxygen atoms in total. The van der Waals surface area contributed by atoms with Crippen molar-refractivity contribution in [2.45, 2.75) is 31.8 Å². The smallest absolute Gasteiger partial charge is 0.253 e. The number of piperidine rings is 1. The number of carbonyl (C=O) groups excluding carboxylic acids is 2. The van der Waals surface area contributed by atoms with Gasteiger partial charge in [-0.1, -0.05) is 48.5 Å². The van der Waals surface area contributed by atoms with Gasteiger partial charge < -0.3 is 15.0 Å². The first-order valence-electron chi connectivity index (χ1n) is 13.3. The molecule has 1 aromatic heterocycles. The average molecular weight is 502 g/mol. The number of benzene rings is 2. The van der Waals surface area contributed by atoms with Crippen molar-refractivity contribution in [3.05, 3.63) is 71.9 Å². The standard InChI is InChI=1S/C29H35N5O3/c35-28(34-14-11-23(12-15-34)17-22-7-2-1-3-8-22)21-33-13-6-16-37-24(20-33)18-30-29(36)26-19-31-32-27-10-5-4-9-25(26)27/h1-5,7-10,19,23-24H,6,11-18,20-21H2,(H,30,36). The number of fused-ring (bicyclic) bond motifs is 1. The van der Waals surface area contributed by atoms with Crippen LogP contribution in [0.15, 0.2) is 60.8 Å². The maximum atomic E-state index is 13.1. The Bertz CT molecular complexity index is 1190. The second-order valence-corrected chi connectivity index (χ2v) is 10.1. The molecule has 0 aliphatic carbocycles. The molecule has 1 unspecified atom stereocenters. The average Bonchev–Trinajstić information content (AvgIpc) is 3.17. The maximum Gasteiger partial charge on any atom is 0.253 e. The van der Waals surface area contributed by atoms with Crippen molar-refractivity contribution < 1.29 is 14.3 Å². The summed E-state index contributed by atoms with van der Waals surface area (Å²) in [6.07, 6.45) is 5.39. The third-order valence-electron chi connectivity index (χ3n) is 7.41. The van der Waals surface area contributed by atoms with Crippen LogP contribution in [0.25, 0.3) is 10.9 Å². The Morgan fingerprint density at radius 1 is 1.00 bits per heavy atom. The van der Waals surface area contributed by atoms with Gasteiger partial charge in [-0.2, -0.15) is 10.2 Å². The number of nitrogens with zero attached hydrogens (tertiary/aromatic N) is 4. The lowest BCUT2D eigenvalue weighted by Gasteiger charge is -2.34. The first kappa shape index (κ1) is 25.3. The molecule has 2 aromatic carbocycles. The van der Waals surface area contributed by atoms with E-state index in [1.165, 1.54) is 11.8 Å². The van der Waals surface area contributed by atoms with E-state index in [-0.39, 0.29) is 17.9 Å². The molecule has 0 saturated carbocycles. The zero-order valence-corrected chi connectivity index (χ0v) is 21.2. The molecule has 1 N–H and O–H groups in total. The lowest BCUT2D eigenvalue weighted by Crippen LogP contribution is -2.47.